The van der Waals surface area contributed by atoms with Crippen LogP contribution in [0.15, 0.2) is 6.58 Å². The smallest absolute Gasteiger partial charge is 0.521 e. The molecule has 3 nitrogen and oxygen atoms in total. The summed E-state index contributed by atoms with van der Waals surface area (Å²) >= 11 is 0. The molecule has 0 saturated carbocycles. The molecule has 0 aromatic rings. The molecule has 0 aromatic heterocycles. The van der Waals surface area contributed by atoms with Gasteiger partial charge in [0, 0.05) is 0 Å². The number of nitrogens with zero attached hydrogens (tertiary/aromatic N) is 1. The summed E-state index contributed by atoms with van der Waals surface area (Å²) in [5, 5.41) is 0. The Morgan fingerprint density at radius 3 is 1.92 bits per heavy atom. The van der Waals surface area contributed by atoms with Gasteiger partial charge in [-0.25, -0.2) is 6.04 Å². The van der Waals surface area contributed by atoms with Gasteiger partial charge in [-0.3, -0.25) is 11.4 Å². The molecule has 0 unspecified atom stereocenters. The third-order valence-corrected chi connectivity index (χ3v) is 1.15. The van der Waals surface area contributed by atoms with Crippen LogP contribution in [0.1, 0.15) is 6.92 Å². The third kappa shape index (κ3) is 8.77. The summed E-state index contributed by atoms with van der Waals surface area (Å²) in [6, 6.07) is 0.609. The molecular weight excluding hydrogens is 181 g/mol. The minimum atomic E-state index is -0.278. The van der Waals surface area contributed by atoms with Gasteiger partial charge in [-0.15, -0.1) is 0 Å². The third-order valence-electron chi connectivity index (χ3n) is 1.15. The Morgan fingerprint density at radius 1 is 1.50 bits per heavy atom. The standard InChI is InChI=1S/C6H12NO2.C2H3.K/c1-5(7(2)3)6(8)9-4;1-2;/h1-4H3;1H,2H2;/q2*-1;+1. The number of hydrogen-bond acceptors (Lipinski definition) is 3. The van der Waals surface area contributed by atoms with Crippen LogP contribution in [0, 0.1) is 12.6 Å². The van der Waals surface area contributed by atoms with E-state index in [-0.39, 0.29) is 57.4 Å². The van der Waals surface area contributed by atoms with E-state index in [1.54, 1.807) is 25.9 Å². The predicted molar refractivity (Wildman–Crippen MR) is 44.5 cm³/mol. The van der Waals surface area contributed by atoms with Crippen LogP contribution in [0.3, 0.4) is 0 Å². The fourth-order valence-corrected chi connectivity index (χ4v) is 0.330. The van der Waals surface area contributed by atoms with E-state index in [2.05, 4.69) is 17.9 Å². The molecule has 0 aliphatic rings. The first-order chi connectivity index (χ1) is 5.09. The number of likely N-dealkylation sites (N-methyl/N-ethyl adjacent to an activating group) is 1. The second-order valence-corrected chi connectivity index (χ2v) is 1.97. The largest absolute Gasteiger partial charge is 1.00 e. The van der Waals surface area contributed by atoms with Crippen molar-refractivity contribution >= 4 is 5.97 Å². The Kier molecular flexibility index (Phi) is 18.0. The van der Waals surface area contributed by atoms with Crippen molar-refractivity contribution in [2.24, 2.45) is 0 Å². The van der Waals surface area contributed by atoms with Crippen LogP contribution < -0.4 is 51.4 Å². The van der Waals surface area contributed by atoms with Gasteiger partial charge in [0.1, 0.15) is 0 Å². The van der Waals surface area contributed by atoms with E-state index in [4.69, 9.17) is 0 Å². The number of ether oxygens (including phenoxy) is 1. The van der Waals surface area contributed by atoms with Crippen LogP contribution in [0.4, 0.5) is 0 Å². The van der Waals surface area contributed by atoms with Crippen LogP contribution in [0.25, 0.3) is 0 Å². The summed E-state index contributed by atoms with van der Waals surface area (Å²) in [4.78, 5) is 12.4. The number of carbonyl (C=O) groups is 1. The Bertz CT molecular complexity index is 118. The maximum atomic E-state index is 10.7. The van der Waals surface area contributed by atoms with Crippen LogP contribution in [0.5, 0.6) is 0 Å². The van der Waals surface area contributed by atoms with E-state index in [9.17, 15) is 4.79 Å². The van der Waals surface area contributed by atoms with Gasteiger partial charge in [0.2, 0.25) is 0 Å². The van der Waals surface area contributed by atoms with Gasteiger partial charge < -0.3 is 16.2 Å². The Balaban J connectivity index is -0.000000249. The summed E-state index contributed by atoms with van der Waals surface area (Å²) in [7, 11) is 4.97. The first-order valence-corrected chi connectivity index (χ1v) is 3.09. The normalized spacial score (nSPS) is 7.42. The van der Waals surface area contributed by atoms with Gasteiger partial charge in [-0.2, -0.15) is 6.92 Å². The molecule has 0 aliphatic carbocycles. The zero-order chi connectivity index (χ0) is 9.44. The summed E-state index contributed by atoms with van der Waals surface area (Å²) in [6.07, 6.45) is 0. The first-order valence-electron chi connectivity index (χ1n) is 3.09. The van der Waals surface area contributed by atoms with Gasteiger partial charge in [0.05, 0.1) is 7.11 Å². The molecule has 0 atom stereocenters. The van der Waals surface area contributed by atoms with Gasteiger partial charge in [-0.1, -0.05) is 0 Å². The predicted octanol–water partition coefficient (Wildman–Crippen LogP) is -2.12. The molecule has 0 amide bonds. The molecule has 0 rings (SSSR count). The van der Waals surface area contributed by atoms with Crippen molar-refractivity contribution in [3.63, 3.8) is 0 Å². The monoisotopic (exact) mass is 196 g/mol. The summed E-state index contributed by atoms with van der Waals surface area (Å²) in [5.41, 5.74) is 0. The minimum Gasteiger partial charge on any atom is -0.521 e. The zero-order valence-electron chi connectivity index (χ0n) is 8.55. The average molecular weight is 196 g/mol. The van der Waals surface area contributed by atoms with E-state index < -0.39 is 0 Å². The van der Waals surface area contributed by atoms with Crippen molar-refractivity contribution in [2.75, 3.05) is 21.2 Å². The van der Waals surface area contributed by atoms with E-state index in [1.165, 1.54) is 7.11 Å². The fourth-order valence-electron chi connectivity index (χ4n) is 0.330. The maximum Gasteiger partial charge on any atom is 1.00 e. The van der Waals surface area contributed by atoms with Crippen LogP contribution in [-0.4, -0.2) is 32.1 Å². The topological polar surface area (TPSA) is 29.5 Å². The molecule has 0 bridgehead atoms. The van der Waals surface area contributed by atoms with Gasteiger partial charge >= 0.3 is 51.4 Å². The number of esters is 1. The summed E-state index contributed by atoms with van der Waals surface area (Å²) in [5.74, 6) is -0.278. The first kappa shape index (κ1) is 18.5. The van der Waals surface area contributed by atoms with E-state index in [1.807, 2.05) is 0 Å². The number of methoxy groups -OCH3 is 1. The van der Waals surface area contributed by atoms with Crippen molar-refractivity contribution in [1.82, 2.24) is 4.90 Å². The Hall–Kier alpha value is 0.676. The quantitative estimate of drug-likeness (QED) is 0.287. The maximum absolute atomic E-state index is 10.7. The van der Waals surface area contributed by atoms with Gasteiger partial charge in [-0.05, 0) is 14.1 Å². The molecule has 0 fully saturated rings. The molecule has 0 saturated heterocycles. The number of hydrogen-bond donors (Lipinski definition) is 0. The van der Waals surface area contributed by atoms with Crippen molar-refractivity contribution in [3.05, 3.63) is 19.2 Å². The minimum absolute atomic E-state index is 0. The van der Waals surface area contributed by atoms with E-state index in [0.717, 1.165) is 0 Å². The molecule has 12 heavy (non-hydrogen) atoms. The Labute approximate surface area is 118 Å². The molecule has 0 N–H and O–H groups in total. The second-order valence-electron chi connectivity index (χ2n) is 1.97. The molecule has 0 aliphatic heterocycles. The number of carbonyl (C=O) groups excluding carboxylic acids is 1. The molecular formula is C8H15KNO2-. The van der Waals surface area contributed by atoms with Gasteiger partial charge in [0.25, 0.3) is 0 Å². The number of rotatable bonds is 2. The molecule has 0 radical (unpaired) electrons. The van der Waals surface area contributed by atoms with Crippen molar-refractivity contribution in [1.29, 1.82) is 0 Å². The fraction of sp³-hybridized carbons (Fsp3) is 0.500. The SMILES string of the molecule is COC(=O)[C-](C)N(C)C.[CH-]=C.[K+]. The molecule has 0 spiro atoms. The van der Waals surface area contributed by atoms with E-state index in [0.29, 0.717) is 6.04 Å². The van der Waals surface area contributed by atoms with Gasteiger partial charge in [0.15, 0.2) is 5.97 Å². The molecule has 66 valence electrons. The Morgan fingerprint density at radius 2 is 1.83 bits per heavy atom. The van der Waals surface area contributed by atoms with E-state index >= 15 is 0 Å². The molecule has 4 heteroatoms. The van der Waals surface area contributed by atoms with Crippen LogP contribution in [-0.2, 0) is 9.53 Å². The van der Waals surface area contributed by atoms with Crippen molar-refractivity contribution in [2.45, 2.75) is 6.92 Å². The molecule has 0 heterocycles. The summed E-state index contributed by atoms with van der Waals surface area (Å²) in [6.45, 7) is 8.71. The second kappa shape index (κ2) is 11.7. The van der Waals surface area contributed by atoms with Crippen LogP contribution in [0.2, 0.25) is 0 Å². The average Bonchev–Trinajstić information content (AvgIpc) is 2.05. The van der Waals surface area contributed by atoms with Crippen molar-refractivity contribution < 1.29 is 60.9 Å². The van der Waals surface area contributed by atoms with Crippen molar-refractivity contribution in [3.8, 4) is 0 Å². The summed E-state index contributed by atoms with van der Waals surface area (Å²) < 4.78 is 4.46. The van der Waals surface area contributed by atoms with Crippen LogP contribution >= 0.6 is 0 Å². The zero-order valence-corrected chi connectivity index (χ0v) is 11.7. The molecule has 0 aromatic carbocycles.